The zero-order valence-electron chi connectivity index (χ0n) is 10.8. The minimum absolute atomic E-state index is 0.559. The number of rotatable bonds is 2. The molecule has 0 saturated heterocycles. The van der Waals surface area contributed by atoms with E-state index in [9.17, 15) is 0 Å². The average Bonchev–Trinajstić information content (AvgIpc) is 2.46. The van der Waals surface area contributed by atoms with Crippen molar-refractivity contribution in [3.63, 3.8) is 0 Å². The number of nitrogens with two attached hydrogens (primary N) is 1. The molecule has 0 bridgehead atoms. The number of hydrogen-bond donors (Lipinski definition) is 1. The Hall–Kier alpha value is -2.26. The van der Waals surface area contributed by atoms with Crippen molar-refractivity contribution in [1.29, 1.82) is 0 Å². The molecule has 1 aromatic heterocycles. The van der Waals surface area contributed by atoms with Crippen molar-refractivity contribution in [1.82, 2.24) is 9.97 Å². The van der Waals surface area contributed by atoms with Crippen LogP contribution in [0, 0.1) is 6.92 Å². The third kappa shape index (κ3) is 2.20. The highest BCUT2D eigenvalue weighted by atomic mass is 14.9. The molecule has 2 N–H and O–H groups in total. The molecule has 0 aliphatic heterocycles. The van der Waals surface area contributed by atoms with E-state index in [1.165, 1.54) is 0 Å². The summed E-state index contributed by atoms with van der Waals surface area (Å²) < 4.78 is 0. The van der Waals surface area contributed by atoms with Gasteiger partial charge in [-0.05, 0) is 18.6 Å². The number of para-hydroxylation sites is 1. The molecule has 3 rings (SSSR count). The van der Waals surface area contributed by atoms with Crippen LogP contribution in [0.25, 0.3) is 22.2 Å². The van der Waals surface area contributed by atoms with Gasteiger partial charge in [-0.2, -0.15) is 0 Å². The molecule has 0 aliphatic rings. The number of nitrogens with zero attached hydrogens (tertiary/aromatic N) is 2. The van der Waals surface area contributed by atoms with Gasteiger partial charge in [-0.1, -0.05) is 42.5 Å². The first-order chi connectivity index (χ1) is 9.28. The lowest BCUT2D eigenvalue weighted by atomic mass is 10.0. The summed E-state index contributed by atoms with van der Waals surface area (Å²) in [4.78, 5) is 9.05. The molecule has 19 heavy (non-hydrogen) atoms. The standard InChI is InChI=1S/C16H15N3/c1-11-18-15-5-3-2-4-14(15)16(19-11)13-8-6-12(10-17)7-9-13/h2-9H,10,17H2,1H3. The van der Waals surface area contributed by atoms with Gasteiger partial charge in [-0.25, -0.2) is 9.97 Å². The monoisotopic (exact) mass is 249 g/mol. The Morgan fingerprint density at radius 3 is 2.42 bits per heavy atom. The van der Waals surface area contributed by atoms with Crippen LogP contribution in [0.15, 0.2) is 48.5 Å². The van der Waals surface area contributed by atoms with Crippen molar-refractivity contribution in [3.05, 3.63) is 59.9 Å². The van der Waals surface area contributed by atoms with Crippen LogP contribution in [0.2, 0.25) is 0 Å². The van der Waals surface area contributed by atoms with Gasteiger partial charge in [-0.15, -0.1) is 0 Å². The second-order valence-electron chi connectivity index (χ2n) is 4.54. The summed E-state index contributed by atoms with van der Waals surface area (Å²) in [7, 11) is 0. The van der Waals surface area contributed by atoms with E-state index in [-0.39, 0.29) is 0 Å². The van der Waals surface area contributed by atoms with Crippen molar-refractivity contribution >= 4 is 10.9 Å². The molecule has 0 fully saturated rings. The molecular weight excluding hydrogens is 234 g/mol. The van der Waals surface area contributed by atoms with Crippen molar-refractivity contribution < 1.29 is 0 Å². The van der Waals surface area contributed by atoms with Crippen LogP contribution in [-0.4, -0.2) is 9.97 Å². The quantitative estimate of drug-likeness (QED) is 0.759. The van der Waals surface area contributed by atoms with Crippen molar-refractivity contribution in [3.8, 4) is 11.3 Å². The highest BCUT2D eigenvalue weighted by Gasteiger charge is 2.07. The van der Waals surface area contributed by atoms with E-state index in [4.69, 9.17) is 5.73 Å². The van der Waals surface area contributed by atoms with Crippen LogP contribution < -0.4 is 5.73 Å². The molecule has 0 spiro atoms. The lowest BCUT2D eigenvalue weighted by molar-refractivity contribution is 1.07. The predicted octanol–water partition coefficient (Wildman–Crippen LogP) is 3.06. The normalized spacial score (nSPS) is 10.8. The third-order valence-corrected chi connectivity index (χ3v) is 3.18. The highest BCUT2D eigenvalue weighted by molar-refractivity contribution is 5.92. The van der Waals surface area contributed by atoms with Gasteiger partial charge in [0.05, 0.1) is 11.2 Å². The summed E-state index contributed by atoms with van der Waals surface area (Å²) in [5.74, 6) is 0.789. The first-order valence-corrected chi connectivity index (χ1v) is 6.30. The lowest BCUT2D eigenvalue weighted by Crippen LogP contribution is -1.97. The molecule has 2 aromatic carbocycles. The smallest absolute Gasteiger partial charge is 0.126 e. The van der Waals surface area contributed by atoms with Gasteiger partial charge in [-0.3, -0.25) is 0 Å². The lowest BCUT2D eigenvalue weighted by Gasteiger charge is -2.07. The maximum atomic E-state index is 5.63. The van der Waals surface area contributed by atoms with Gasteiger partial charge >= 0.3 is 0 Å². The Morgan fingerprint density at radius 2 is 1.68 bits per heavy atom. The maximum absolute atomic E-state index is 5.63. The Balaban J connectivity index is 2.22. The summed E-state index contributed by atoms with van der Waals surface area (Å²) in [5.41, 5.74) is 9.81. The zero-order chi connectivity index (χ0) is 13.2. The summed E-state index contributed by atoms with van der Waals surface area (Å²) in [6.45, 7) is 2.48. The number of aromatic nitrogens is 2. The Bertz CT molecular complexity index is 718. The molecule has 3 aromatic rings. The van der Waals surface area contributed by atoms with Gasteiger partial charge in [0.15, 0.2) is 0 Å². The SMILES string of the molecule is Cc1nc(-c2ccc(CN)cc2)c2ccccc2n1. The summed E-state index contributed by atoms with van der Waals surface area (Å²) in [6, 6.07) is 16.3. The predicted molar refractivity (Wildman–Crippen MR) is 77.6 cm³/mol. The molecule has 0 saturated carbocycles. The minimum Gasteiger partial charge on any atom is -0.326 e. The van der Waals surface area contributed by atoms with Crippen LogP contribution in [0.1, 0.15) is 11.4 Å². The largest absolute Gasteiger partial charge is 0.326 e. The molecule has 0 unspecified atom stereocenters. The second kappa shape index (κ2) is 4.78. The van der Waals surface area contributed by atoms with Crippen LogP contribution in [0.4, 0.5) is 0 Å². The first kappa shape index (κ1) is 11.8. The molecule has 0 amide bonds. The molecule has 94 valence electrons. The molecule has 0 aliphatic carbocycles. The number of benzene rings is 2. The topological polar surface area (TPSA) is 51.8 Å². The van der Waals surface area contributed by atoms with Crippen LogP contribution in [0.5, 0.6) is 0 Å². The van der Waals surface area contributed by atoms with Gasteiger partial charge in [0.25, 0.3) is 0 Å². The van der Waals surface area contributed by atoms with Crippen LogP contribution in [0.3, 0.4) is 0 Å². The third-order valence-electron chi connectivity index (χ3n) is 3.18. The van der Waals surface area contributed by atoms with E-state index in [0.717, 1.165) is 33.5 Å². The van der Waals surface area contributed by atoms with Crippen LogP contribution >= 0.6 is 0 Å². The summed E-state index contributed by atoms with van der Waals surface area (Å²) in [6.07, 6.45) is 0. The van der Waals surface area contributed by atoms with E-state index in [0.29, 0.717) is 6.54 Å². The highest BCUT2D eigenvalue weighted by Crippen LogP contribution is 2.26. The van der Waals surface area contributed by atoms with Crippen molar-refractivity contribution in [2.45, 2.75) is 13.5 Å². The van der Waals surface area contributed by atoms with E-state index < -0.39 is 0 Å². The number of fused-ring (bicyclic) bond motifs is 1. The van der Waals surface area contributed by atoms with Crippen LogP contribution in [-0.2, 0) is 6.54 Å². The second-order valence-corrected chi connectivity index (χ2v) is 4.54. The number of aryl methyl sites for hydroxylation is 1. The Morgan fingerprint density at radius 1 is 0.947 bits per heavy atom. The van der Waals surface area contributed by atoms with Crippen molar-refractivity contribution in [2.75, 3.05) is 0 Å². The Kier molecular flexibility index (Phi) is 2.97. The maximum Gasteiger partial charge on any atom is 0.126 e. The fraction of sp³-hybridized carbons (Fsp3) is 0.125. The number of hydrogen-bond acceptors (Lipinski definition) is 3. The van der Waals surface area contributed by atoms with E-state index in [1.807, 2.05) is 37.3 Å². The van der Waals surface area contributed by atoms with Gasteiger partial charge in [0.2, 0.25) is 0 Å². The van der Waals surface area contributed by atoms with E-state index in [1.54, 1.807) is 0 Å². The fourth-order valence-electron chi connectivity index (χ4n) is 2.21. The van der Waals surface area contributed by atoms with Gasteiger partial charge in [0, 0.05) is 17.5 Å². The minimum atomic E-state index is 0.559. The molecule has 0 atom stereocenters. The van der Waals surface area contributed by atoms with Crippen molar-refractivity contribution in [2.24, 2.45) is 5.73 Å². The summed E-state index contributed by atoms with van der Waals surface area (Å²) in [5, 5.41) is 1.08. The van der Waals surface area contributed by atoms with E-state index >= 15 is 0 Å². The van der Waals surface area contributed by atoms with E-state index in [2.05, 4.69) is 28.2 Å². The van der Waals surface area contributed by atoms with Gasteiger partial charge in [0.1, 0.15) is 5.82 Å². The summed E-state index contributed by atoms with van der Waals surface area (Å²) >= 11 is 0. The Labute approximate surface area is 112 Å². The first-order valence-electron chi connectivity index (χ1n) is 6.30. The zero-order valence-corrected chi connectivity index (χ0v) is 10.8. The fourth-order valence-corrected chi connectivity index (χ4v) is 2.21. The molecule has 0 radical (unpaired) electrons. The molecule has 1 heterocycles. The van der Waals surface area contributed by atoms with Gasteiger partial charge < -0.3 is 5.73 Å². The molecule has 3 nitrogen and oxygen atoms in total. The molecular formula is C16H15N3. The average molecular weight is 249 g/mol. The molecule has 3 heteroatoms.